The highest BCUT2D eigenvalue weighted by molar-refractivity contribution is 5.95. The van der Waals surface area contributed by atoms with Gasteiger partial charge in [-0.2, -0.15) is 0 Å². The lowest BCUT2D eigenvalue weighted by Crippen LogP contribution is -2.29. The maximum atomic E-state index is 12.4. The standard InChI is InChI=1S/C18H19NO4/c1-21-14-7-12(8-15(9-14)22-2)18(20)19-10-13-11-23-17-6-4-3-5-16(13)17/h3-9,13H,10-11H2,1-2H3,(H,19,20). The van der Waals surface area contributed by atoms with Crippen molar-refractivity contribution in [3.63, 3.8) is 0 Å². The van der Waals surface area contributed by atoms with E-state index in [4.69, 9.17) is 14.2 Å². The van der Waals surface area contributed by atoms with Gasteiger partial charge in [0.2, 0.25) is 0 Å². The third-order valence-electron chi connectivity index (χ3n) is 3.92. The van der Waals surface area contributed by atoms with E-state index in [1.165, 1.54) is 0 Å². The van der Waals surface area contributed by atoms with Gasteiger partial charge >= 0.3 is 0 Å². The Hall–Kier alpha value is -2.69. The van der Waals surface area contributed by atoms with E-state index < -0.39 is 0 Å². The molecule has 1 amide bonds. The Bertz CT molecular complexity index is 692. The second kappa shape index (κ2) is 6.60. The van der Waals surface area contributed by atoms with Gasteiger partial charge in [0.15, 0.2) is 0 Å². The highest BCUT2D eigenvalue weighted by Crippen LogP contribution is 2.33. The van der Waals surface area contributed by atoms with Crippen LogP contribution in [0.15, 0.2) is 42.5 Å². The van der Waals surface area contributed by atoms with Crippen LogP contribution in [0.25, 0.3) is 0 Å². The number of para-hydroxylation sites is 1. The Labute approximate surface area is 135 Å². The lowest BCUT2D eigenvalue weighted by atomic mass is 10.0. The number of carbonyl (C=O) groups excluding carboxylic acids is 1. The predicted molar refractivity (Wildman–Crippen MR) is 86.6 cm³/mol. The summed E-state index contributed by atoms with van der Waals surface area (Å²) in [6, 6.07) is 13.0. The number of hydrogen-bond acceptors (Lipinski definition) is 4. The van der Waals surface area contributed by atoms with Crippen LogP contribution in [0, 0.1) is 0 Å². The summed E-state index contributed by atoms with van der Waals surface area (Å²) in [6.45, 7) is 1.11. The van der Waals surface area contributed by atoms with Crippen molar-refractivity contribution >= 4 is 5.91 Å². The molecule has 1 N–H and O–H groups in total. The minimum atomic E-state index is -0.161. The molecule has 2 aromatic rings. The zero-order chi connectivity index (χ0) is 16.2. The molecule has 0 aliphatic carbocycles. The van der Waals surface area contributed by atoms with Gasteiger partial charge in [0.1, 0.15) is 17.2 Å². The quantitative estimate of drug-likeness (QED) is 0.922. The summed E-state index contributed by atoms with van der Waals surface area (Å²) in [5.41, 5.74) is 1.64. The van der Waals surface area contributed by atoms with Gasteiger partial charge in [-0.3, -0.25) is 4.79 Å². The molecule has 3 rings (SSSR count). The monoisotopic (exact) mass is 313 g/mol. The first-order valence-electron chi connectivity index (χ1n) is 7.44. The summed E-state index contributed by atoms with van der Waals surface area (Å²) < 4.78 is 16.0. The number of fused-ring (bicyclic) bond motifs is 1. The van der Waals surface area contributed by atoms with Crippen molar-refractivity contribution in [3.8, 4) is 17.2 Å². The molecule has 23 heavy (non-hydrogen) atoms. The molecule has 2 aromatic carbocycles. The first-order chi connectivity index (χ1) is 11.2. The van der Waals surface area contributed by atoms with Crippen molar-refractivity contribution in [3.05, 3.63) is 53.6 Å². The van der Waals surface area contributed by atoms with Gasteiger partial charge in [-0.25, -0.2) is 0 Å². The Morgan fingerprint density at radius 1 is 1.17 bits per heavy atom. The molecule has 0 saturated carbocycles. The second-order valence-electron chi connectivity index (χ2n) is 5.36. The number of amides is 1. The van der Waals surface area contributed by atoms with Crippen LogP contribution < -0.4 is 19.5 Å². The highest BCUT2D eigenvalue weighted by atomic mass is 16.5. The Morgan fingerprint density at radius 2 is 1.87 bits per heavy atom. The van der Waals surface area contributed by atoms with Gasteiger partial charge in [0.25, 0.3) is 5.91 Å². The van der Waals surface area contributed by atoms with Crippen molar-refractivity contribution in [2.45, 2.75) is 5.92 Å². The van der Waals surface area contributed by atoms with Crippen molar-refractivity contribution in [1.82, 2.24) is 5.32 Å². The smallest absolute Gasteiger partial charge is 0.251 e. The van der Waals surface area contributed by atoms with Crippen molar-refractivity contribution < 1.29 is 19.0 Å². The van der Waals surface area contributed by atoms with Crippen LogP contribution >= 0.6 is 0 Å². The van der Waals surface area contributed by atoms with Crippen LogP contribution in [-0.2, 0) is 0 Å². The van der Waals surface area contributed by atoms with Crippen LogP contribution in [0.5, 0.6) is 17.2 Å². The summed E-state index contributed by atoms with van der Waals surface area (Å²) in [7, 11) is 3.12. The van der Waals surface area contributed by atoms with Crippen LogP contribution in [0.2, 0.25) is 0 Å². The average molecular weight is 313 g/mol. The zero-order valence-corrected chi connectivity index (χ0v) is 13.2. The molecule has 0 spiro atoms. The maximum absolute atomic E-state index is 12.4. The van der Waals surface area contributed by atoms with Crippen LogP contribution in [-0.4, -0.2) is 33.3 Å². The molecule has 5 nitrogen and oxygen atoms in total. The topological polar surface area (TPSA) is 56.8 Å². The molecule has 5 heteroatoms. The van der Waals surface area contributed by atoms with Gasteiger partial charge in [-0.1, -0.05) is 18.2 Å². The minimum Gasteiger partial charge on any atom is -0.497 e. The van der Waals surface area contributed by atoms with Crippen molar-refractivity contribution in [1.29, 1.82) is 0 Å². The first-order valence-corrected chi connectivity index (χ1v) is 7.44. The molecule has 0 bridgehead atoms. The molecule has 1 aliphatic rings. The van der Waals surface area contributed by atoms with E-state index in [9.17, 15) is 4.79 Å². The van der Waals surface area contributed by atoms with Gasteiger partial charge in [-0.05, 0) is 18.2 Å². The lowest BCUT2D eigenvalue weighted by Gasteiger charge is -2.12. The summed E-state index contributed by atoms with van der Waals surface area (Å²) in [6.07, 6.45) is 0. The Kier molecular flexibility index (Phi) is 4.37. The second-order valence-corrected chi connectivity index (χ2v) is 5.36. The molecule has 0 saturated heterocycles. The molecule has 0 fully saturated rings. The van der Waals surface area contributed by atoms with Gasteiger partial charge in [0, 0.05) is 29.7 Å². The van der Waals surface area contributed by atoms with E-state index in [2.05, 4.69) is 5.32 Å². The third-order valence-corrected chi connectivity index (χ3v) is 3.92. The van der Waals surface area contributed by atoms with E-state index in [1.54, 1.807) is 32.4 Å². The molecular weight excluding hydrogens is 294 g/mol. The highest BCUT2D eigenvalue weighted by Gasteiger charge is 2.24. The fraction of sp³-hybridized carbons (Fsp3) is 0.278. The molecule has 120 valence electrons. The molecule has 0 aromatic heterocycles. The Morgan fingerprint density at radius 3 is 2.57 bits per heavy atom. The van der Waals surface area contributed by atoms with Crippen LogP contribution in [0.1, 0.15) is 21.8 Å². The van der Waals surface area contributed by atoms with Crippen LogP contribution in [0.3, 0.4) is 0 Å². The molecular formula is C18H19NO4. The summed E-state index contributed by atoms with van der Waals surface area (Å²) in [5, 5.41) is 2.95. The van der Waals surface area contributed by atoms with E-state index in [1.807, 2.05) is 24.3 Å². The Balaban J connectivity index is 1.69. The SMILES string of the molecule is COc1cc(OC)cc(C(=O)NCC2COc3ccccc32)c1. The molecule has 1 heterocycles. The zero-order valence-electron chi connectivity index (χ0n) is 13.2. The minimum absolute atomic E-state index is 0.161. The van der Waals surface area contributed by atoms with E-state index in [0.29, 0.717) is 30.2 Å². The number of methoxy groups -OCH3 is 2. The van der Waals surface area contributed by atoms with Gasteiger partial charge < -0.3 is 19.5 Å². The largest absolute Gasteiger partial charge is 0.497 e. The summed E-state index contributed by atoms with van der Waals surface area (Å²) >= 11 is 0. The predicted octanol–water partition coefficient (Wildman–Crippen LogP) is 2.61. The first kappa shape index (κ1) is 15.2. The third kappa shape index (κ3) is 3.23. The maximum Gasteiger partial charge on any atom is 0.251 e. The number of rotatable bonds is 5. The van der Waals surface area contributed by atoms with Gasteiger partial charge in [-0.15, -0.1) is 0 Å². The fourth-order valence-corrected chi connectivity index (χ4v) is 2.65. The number of nitrogens with one attached hydrogen (secondary N) is 1. The van der Waals surface area contributed by atoms with Crippen molar-refractivity contribution in [2.75, 3.05) is 27.4 Å². The number of carbonyl (C=O) groups is 1. The van der Waals surface area contributed by atoms with Crippen LogP contribution in [0.4, 0.5) is 0 Å². The summed E-state index contributed by atoms with van der Waals surface area (Å²) in [5.74, 6) is 2.08. The number of hydrogen-bond donors (Lipinski definition) is 1. The number of benzene rings is 2. The normalized spacial score (nSPS) is 15.5. The molecule has 1 aliphatic heterocycles. The average Bonchev–Trinajstić information content (AvgIpc) is 3.02. The number of ether oxygens (including phenoxy) is 3. The van der Waals surface area contributed by atoms with Crippen molar-refractivity contribution in [2.24, 2.45) is 0 Å². The molecule has 0 radical (unpaired) electrons. The van der Waals surface area contributed by atoms with Gasteiger partial charge in [0.05, 0.1) is 20.8 Å². The van der Waals surface area contributed by atoms with E-state index >= 15 is 0 Å². The van der Waals surface area contributed by atoms with E-state index in [-0.39, 0.29) is 11.8 Å². The van der Waals surface area contributed by atoms with E-state index in [0.717, 1.165) is 11.3 Å². The fourth-order valence-electron chi connectivity index (χ4n) is 2.65. The summed E-state index contributed by atoms with van der Waals surface area (Å²) in [4.78, 5) is 12.4. The molecule has 1 unspecified atom stereocenters. The molecule has 1 atom stereocenters. The lowest BCUT2D eigenvalue weighted by molar-refractivity contribution is 0.0949.